The Morgan fingerprint density at radius 2 is 1.75 bits per heavy atom. The van der Waals surface area contributed by atoms with Gasteiger partial charge in [0.1, 0.15) is 0 Å². The van der Waals surface area contributed by atoms with Crippen molar-refractivity contribution in [3.05, 3.63) is 35.4 Å². The quantitative estimate of drug-likeness (QED) is 0.745. The largest absolute Gasteiger partial charge is 0.416 e. The molecule has 0 N–H and O–H groups in total. The second-order valence-electron chi connectivity index (χ2n) is 3.87. The molecule has 0 saturated heterocycles. The summed E-state index contributed by atoms with van der Waals surface area (Å²) in [4.78, 5) is 0. The molecule has 0 bridgehead atoms. The molecule has 16 heavy (non-hydrogen) atoms. The highest BCUT2D eigenvalue weighted by atomic mass is 19.4. The summed E-state index contributed by atoms with van der Waals surface area (Å²) in [5.41, 5.74) is 0.216. The van der Waals surface area contributed by atoms with Crippen molar-refractivity contribution in [2.75, 3.05) is 6.61 Å². The van der Waals surface area contributed by atoms with Gasteiger partial charge >= 0.3 is 6.18 Å². The van der Waals surface area contributed by atoms with Gasteiger partial charge in [0.25, 0.3) is 0 Å². The van der Waals surface area contributed by atoms with Crippen LogP contribution in [0.5, 0.6) is 0 Å². The molecule has 1 aromatic rings. The molecule has 0 amide bonds. The van der Waals surface area contributed by atoms with Crippen molar-refractivity contribution < 1.29 is 18.3 Å². The van der Waals surface area contributed by atoms with Crippen molar-refractivity contribution in [2.24, 2.45) is 0 Å². The number of hydrogen-bond acceptors (Lipinski definition) is 0. The van der Waals surface area contributed by atoms with Crippen LogP contribution in [-0.2, 0) is 11.3 Å². The van der Waals surface area contributed by atoms with Gasteiger partial charge in [0.15, 0.2) is 0 Å². The molecule has 0 aliphatic carbocycles. The average molecular weight is 231 g/mol. The Kier molecular flexibility index (Phi) is 4.35. The molecular formula is C12H14F3O. The number of hydrogen-bond donors (Lipinski definition) is 0. The van der Waals surface area contributed by atoms with E-state index in [0.29, 0.717) is 6.42 Å². The molecule has 1 nitrogen and oxygen atoms in total. The van der Waals surface area contributed by atoms with Gasteiger partial charge in [-0.3, -0.25) is 0 Å². The molecule has 0 heterocycles. The van der Waals surface area contributed by atoms with Crippen LogP contribution in [-0.4, -0.2) is 6.61 Å². The lowest BCUT2D eigenvalue weighted by molar-refractivity contribution is -0.137. The Hall–Kier alpha value is -1.03. The van der Waals surface area contributed by atoms with Crippen molar-refractivity contribution in [1.29, 1.82) is 0 Å². The summed E-state index contributed by atoms with van der Waals surface area (Å²) in [6.07, 6.45) is -3.01. The van der Waals surface area contributed by atoms with Crippen molar-refractivity contribution in [3.8, 4) is 0 Å². The van der Waals surface area contributed by atoms with Crippen molar-refractivity contribution in [2.45, 2.75) is 31.9 Å². The lowest BCUT2D eigenvalue weighted by Crippen LogP contribution is -2.05. The number of rotatable bonds is 4. The summed E-state index contributed by atoms with van der Waals surface area (Å²) in [5.74, 6) is 0.135. The maximum atomic E-state index is 12.3. The van der Waals surface area contributed by atoms with Crippen molar-refractivity contribution >= 4 is 0 Å². The Balaban J connectivity index is 2.71. The van der Waals surface area contributed by atoms with Crippen molar-refractivity contribution in [3.63, 3.8) is 0 Å². The van der Waals surface area contributed by atoms with Crippen LogP contribution >= 0.6 is 0 Å². The first-order valence-corrected chi connectivity index (χ1v) is 5.20. The maximum Gasteiger partial charge on any atom is 0.416 e. The van der Waals surface area contributed by atoms with Crippen LogP contribution in [0, 0.1) is 0 Å². The van der Waals surface area contributed by atoms with Gasteiger partial charge in [0.05, 0.1) is 12.2 Å². The maximum absolute atomic E-state index is 12.3. The van der Waals surface area contributed by atoms with E-state index >= 15 is 0 Å². The smallest absolute Gasteiger partial charge is 0.237 e. The zero-order chi connectivity index (χ0) is 12.2. The minimum Gasteiger partial charge on any atom is -0.237 e. The zero-order valence-corrected chi connectivity index (χ0v) is 9.05. The summed E-state index contributed by atoms with van der Waals surface area (Å²) in [6, 6.07) is 5.14. The Bertz CT molecular complexity index is 316. The molecule has 0 aliphatic heterocycles. The molecule has 1 aromatic carbocycles. The molecule has 89 valence electrons. The summed E-state index contributed by atoms with van der Waals surface area (Å²) < 4.78 is 36.8. The molecule has 1 radical (unpaired) electrons. The third-order valence-electron chi connectivity index (χ3n) is 2.59. The van der Waals surface area contributed by atoms with Gasteiger partial charge in [0.2, 0.25) is 0 Å². The van der Waals surface area contributed by atoms with E-state index in [2.05, 4.69) is 0 Å². The third-order valence-corrected chi connectivity index (χ3v) is 2.59. The molecule has 1 atom stereocenters. The normalized spacial score (nSPS) is 13.8. The highest BCUT2D eigenvalue weighted by molar-refractivity contribution is 5.26. The predicted octanol–water partition coefficient (Wildman–Crippen LogP) is 4.02. The Morgan fingerprint density at radius 1 is 1.19 bits per heavy atom. The number of alkyl halides is 3. The fourth-order valence-electron chi connectivity index (χ4n) is 1.56. The fourth-order valence-corrected chi connectivity index (χ4v) is 1.56. The van der Waals surface area contributed by atoms with Crippen LogP contribution in [0.2, 0.25) is 0 Å². The van der Waals surface area contributed by atoms with Gasteiger partial charge < -0.3 is 0 Å². The minimum absolute atomic E-state index is 0.134. The van der Waals surface area contributed by atoms with E-state index in [1.807, 2.05) is 6.92 Å². The Morgan fingerprint density at radius 3 is 2.19 bits per heavy atom. The van der Waals surface area contributed by atoms with Crippen LogP contribution in [0.15, 0.2) is 24.3 Å². The van der Waals surface area contributed by atoms with Gasteiger partial charge in [0, 0.05) is 0 Å². The molecule has 1 rings (SSSR count). The summed E-state index contributed by atoms with van der Waals surface area (Å²) in [7, 11) is 0. The van der Waals surface area contributed by atoms with E-state index in [4.69, 9.17) is 0 Å². The van der Waals surface area contributed by atoms with E-state index in [1.165, 1.54) is 12.1 Å². The molecule has 0 fully saturated rings. The van der Waals surface area contributed by atoms with Crippen LogP contribution in [0.4, 0.5) is 13.2 Å². The first-order valence-electron chi connectivity index (χ1n) is 5.20. The van der Waals surface area contributed by atoms with E-state index in [0.717, 1.165) is 24.1 Å². The van der Waals surface area contributed by atoms with Crippen molar-refractivity contribution in [1.82, 2.24) is 0 Å². The highest BCUT2D eigenvalue weighted by Crippen LogP contribution is 2.30. The lowest BCUT2D eigenvalue weighted by Gasteiger charge is -2.12. The number of halogens is 3. The summed E-state index contributed by atoms with van der Waals surface area (Å²) >= 11 is 0. The van der Waals surface area contributed by atoms with Gasteiger partial charge in [-0.1, -0.05) is 19.1 Å². The predicted molar refractivity (Wildman–Crippen MR) is 54.6 cm³/mol. The average Bonchev–Trinajstić information content (AvgIpc) is 2.25. The first kappa shape index (κ1) is 13.0. The SMILES string of the molecule is CC(CCC[O])c1ccc(C(F)(F)F)cc1. The lowest BCUT2D eigenvalue weighted by atomic mass is 9.95. The second kappa shape index (κ2) is 5.34. The topological polar surface area (TPSA) is 19.9 Å². The molecule has 0 aromatic heterocycles. The summed E-state index contributed by atoms with van der Waals surface area (Å²) in [6.45, 7) is 1.78. The van der Waals surface area contributed by atoms with Gasteiger partial charge in [-0.2, -0.15) is 13.2 Å². The van der Waals surface area contributed by atoms with Gasteiger partial charge in [-0.05, 0) is 36.5 Å². The van der Waals surface area contributed by atoms with E-state index < -0.39 is 11.7 Å². The third kappa shape index (κ3) is 3.52. The molecule has 0 aliphatic rings. The van der Waals surface area contributed by atoms with Gasteiger partial charge in [-0.25, -0.2) is 5.11 Å². The molecule has 0 spiro atoms. The zero-order valence-electron chi connectivity index (χ0n) is 9.05. The second-order valence-corrected chi connectivity index (χ2v) is 3.87. The number of benzene rings is 1. The van der Waals surface area contributed by atoms with Crippen LogP contribution in [0.25, 0.3) is 0 Å². The van der Waals surface area contributed by atoms with Crippen LogP contribution < -0.4 is 0 Å². The van der Waals surface area contributed by atoms with Gasteiger partial charge in [-0.15, -0.1) is 0 Å². The molecule has 0 saturated carbocycles. The van der Waals surface area contributed by atoms with E-state index in [-0.39, 0.29) is 12.5 Å². The van der Waals surface area contributed by atoms with E-state index in [9.17, 15) is 18.3 Å². The first-order chi connectivity index (χ1) is 7.45. The fraction of sp³-hybridized carbons (Fsp3) is 0.500. The minimum atomic E-state index is -4.28. The standard InChI is InChI=1S/C12H14F3O/c1-9(3-2-8-16)10-4-6-11(7-5-10)12(13,14)15/h4-7,9H,2-3,8H2,1H3. The van der Waals surface area contributed by atoms with E-state index in [1.54, 1.807) is 0 Å². The molecule has 4 heteroatoms. The monoisotopic (exact) mass is 231 g/mol. The molecule has 1 unspecified atom stereocenters. The van der Waals surface area contributed by atoms with Crippen LogP contribution in [0.3, 0.4) is 0 Å². The highest BCUT2D eigenvalue weighted by Gasteiger charge is 2.30. The molecular weight excluding hydrogens is 217 g/mol. The summed E-state index contributed by atoms with van der Waals surface area (Å²) in [5, 5.41) is 10.3. The van der Waals surface area contributed by atoms with Crippen LogP contribution in [0.1, 0.15) is 36.8 Å². The Labute approximate surface area is 92.9 Å².